The van der Waals surface area contributed by atoms with E-state index in [4.69, 9.17) is 19.9 Å². The van der Waals surface area contributed by atoms with Gasteiger partial charge in [-0.2, -0.15) is 5.26 Å². The summed E-state index contributed by atoms with van der Waals surface area (Å²) in [5.74, 6) is 2.12. The Labute approximate surface area is 173 Å². The number of nitrogens with zero attached hydrogens (tertiary/aromatic N) is 3. The molecule has 2 N–H and O–H groups in total. The molecule has 148 valence electrons. The number of thioether (sulfide) groups is 1. The Morgan fingerprint density at radius 3 is 2.21 bits per heavy atom. The van der Waals surface area contributed by atoms with Crippen LogP contribution in [0.2, 0.25) is 0 Å². The molecule has 0 saturated heterocycles. The van der Waals surface area contributed by atoms with Gasteiger partial charge in [-0.1, -0.05) is 30.3 Å². The Morgan fingerprint density at radius 1 is 1.00 bits per heavy atom. The number of hydrogen-bond acceptors (Lipinski definition) is 8. The Bertz CT molecular complexity index is 1030. The van der Waals surface area contributed by atoms with Crippen LogP contribution in [-0.4, -0.2) is 31.3 Å². The van der Waals surface area contributed by atoms with Crippen LogP contribution in [0.5, 0.6) is 17.2 Å². The quantitative estimate of drug-likeness (QED) is 0.463. The summed E-state index contributed by atoms with van der Waals surface area (Å²) in [7, 11) is 4.59. The molecule has 29 heavy (non-hydrogen) atoms. The lowest BCUT2D eigenvalue weighted by Crippen LogP contribution is -2.03. The first-order chi connectivity index (χ1) is 14.1. The third-order valence-corrected chi connectivity index (χ3v) is 5.21. The third kappa shape index (κ3) is 4.36. The Balaban J connectivity index is 2.08. The van der Waals surface area contributed by atoms with Crippen LogP contribution in [0.4, 0.5) is 5.95 Å². The van der Waals surface area contributed by atoms with Crippen LogP contribution >= 0.6 is 11.8 Å². The van der Waals surface area contributed by atoms with Gasteiger partial charge in [0, 0.05) is 11.3 Å². The Morgan fingerprint density at radius 2 is 1.66 bits per heavy atom. The van der Waals surface area contributed by atoms with Crippen molar-refractivity contribution in [2.24, 2.45) is 0 Å². The maximum atomic E-state index is 9.83. The first kappa shape index (κ1) is 20.3. The zero-order chi connectivity index (χ0) is 20.8. The zero-order valence-electron chi connectivity index (χ0n) is 16.3. The highest BCUT2D eigenvalue weighted by Crippen LogP contribution is 2.42. The van der Waals surface area contributed by atoms with Gasteiger partial charge >= 0.3 is 0 Å². The first-order valence-corrected chi connectivity index (χ1v) is 9.64. The van der Waals surface area contributed by atoms with Crippen LogP contribution in [0.3, 0.4) is 0 Å². The second-order valence-corrected chi connectivity index (χ2v) is 6.87. The molecule has 0 fully saturated rings. The minimum absolute atomic E-state index is 0.0864. The average Bonchev–Trinajstić information content (AvgIpc) is 2.76. The van der Waals surface area contributed by atoms with Crippen LogP contribution in [-0.2, 0) is 5.75 Å². The molecule has 2 aromatic carbocycles. The normalized spacial score (nSPS) is 10.3. The molecule has 0 unspecified atom stereocenters. The molecule has 0 aliphatic heterocycles. The van der Waals surface area contributed by atoms with Crippen molar-refractivity contribution < 1.29 is 14.2 Å². The van der Waals surface area contributed by atoms with E-state index < -0.39 is 0 Å². The second-order valence-electron chi connectivity index (χ2n) is 5.91. The van der Waals surface area contributed by atoms with E-state index in [9.17, 15) is 5.26 Å². The Kier molecular flexibility index (Phi) is 6.42. The van der Waals surface area contributed by atoms with Gasteiger partial charge in [-0.3, -0.25) is 0 Å². The fourth-order valence-corrected chi connectivity index (χ4v) is 3.76. The van der Waals surface area contributed by atoms with Crippen LogP contribution in [0.25, 0.3) is 11.3 Å². The maximum Gasteiger partial charge on any atom is 0.221 e. The van der Waals surface area contributed by atoms with Gasteiger partial charge in [-0.25, -0.2) is 9.97 Å². The summed E-state index contributed by atoms with van der Waals surface area (Å²) in [6.07, 6.45) is 0. The van der Waals surface area contributed by atoms with E-state index in [2.05, 4.69) is 16.0 Å². The van der Waals surface area contributed by atoms with Gasteiger partial charge in [0.25, 0.3) is 0 Å². The summed E-state index contributed by atoms with van der Waals surface area (Å²) in [5.41, 5.74) is 8.44. The van der Waals surface area contributed by atoms with E-state index in [1.54, 1.807) is 12.1 Å². The summed E-state index contributed by atoms with van der Waals surface area (Å²) in [6, 6.07) is 15.6. The number of anilines is 1. The van der Waals surface area contributed by atoms with Gasteiger partial charge in [0.15, 0.2) is 11.5 Å². The molecular formula is C21H20N4O3S. The topological polar surface area (TPSA) is 103 Å². The molecule has 7 nitrogen and oxygen atoms in total. The predicted octanol–water partition coefficient (Wildman–Crippen LogP) is 3.92. The number of ether oxygens (including phenoxy) is 3. The van der Waals surface area contributed by atoms with Gasteiger partial charge < -0.3 is 19.9 Å². The van der Waals surface area contributed by atoms with Crippen molar-refractivity contribution in [1.29, 1.82) is 5.26 Å². The van der Waals surface area contributed by atoms with Gasteiger partial charge in [-0.15, -0.1) is 11.8 Å². The number of methoxy groups -OCH3 is 3. The summed E-state index contributed by atoms with van der Waals surface area (Å²) in [5, 5.41) is 10.4. The van der Waals surface area contributed by atoms with E-state index in [1.165, 1.54) is 33.1 Å². The van der Waals surface area contributed by atoms with Crippen molar-refractivity contribution >= 4 is 17.7 Å². The molecule has 0 aliphatic carbocycles. The number of nitrogen functional groups attached to an aromatic ring is 1. The molecular weight excluding hydrogens is 388 g/mol. The minimum atomic E-state index is 0.0864. The molecule has 0 saturated carbocycles. The summed E-state index contributed by atoms with van der Waals surface area (Å²) >= 11 is 1.43. The molecule has 1 heterocycles. The lowest BCUT2D eigenvalue weighted by Gasteiger charge is -2.15. The van der Waals surface area contributed by atoms with Gasteiger partial charge in [0.05, 0.1) is 27.0 Å². The molecule has 3 aromatic rings. The summed E-state index contributed by atoms with van der Waals surface area (Å²) in [6.45, 7) is 0. The minimum Gasteiger partial charge on any atom is -0.493 e. The fourth-order valence-electron chi connectivity index (χ4n) is 2.81. The monoisotopic (exact) mass is 408 g/mol. The van der Waals surface area contributed by atoms with Crippen LogP contribution < -0.4 is 19.9 Å². The third-order valence-electron chi connectivity index (χ3n) is 4.16. The van der Waals surface area contributed by atoms with Crippen molar-refractivity contribution in [2.45, 2.75) is 10.8 Å². The lowest BCUT2D eigenvalue weighted by molar-refractivity contribution is 0.324. The zero-order valence-corrected chi connectivity index (χ0v) is 17.1. The predicted molar refractivity (Wildman–Crippen MR) is 112 cm³/mol. The molecule has 8 heteroatoms. The molecule has 0 spiro atoms. The highest BCUT2D eigenvalue weighted by molar-refractivity contribution is 7.98. The molecule has 3 rings (SSSR count). The van der Waals surface area contributed by atoms with Crippen molar-refractivity contribution in [3.63, 3.8) is 0 Å². The summed E-state index contributed by atoms with van der Waals surface area (Å²) < 4.78 is 16.2. The largest absolute Gasteiger partial charge is 0.493 e. The Hall–Kier alpha value is -3.44. The SMILES string of the molecule is COc1cc(-c2nc(N)nc(SCc3ccccc3)c2C#N)cc(OC)c1OC. The van der Waals surface area contributed by atoms with E-state index in [-0.39, 0.29) is 5.95 Å². The van der Waals surface area contributed by atoms with E-state index in [0.717, 1.165) is 5.56 Å². The lowest BCUT2D eigenvalue weighted by atomic mass is 10.1. The van der Waals surface area contributed by atoms with Crippen LogP contribution in [0.1, 0.15) is 11.1 Å². The smallest absolute Gasteiger partial charge is 0.221 e. The number of rotatable bonds is 7. The average molecular weight is 408 g/mol. The number of hydrogen-bond donors (Lipinski definition) is 1. The molecule has 0 aliphatic rings. The second kappa shape index (κ2) is 9.17. The molecule has 0 amide bonds. The van der Waals surface area contributed by atoms with Crippen molar-refractivity contribution in [1.82, 2.24) is 9.97 Å². The van der Waals surface area contributed by atoms with E-state index in [0.29, 0.717) is 44.8 Å². The van der Waals surface area contributed by atoms with Crippen LogP contribution in [0, 0.1) is 11.3 Å². The van der Waals surface area contributed by atoms with Crippen molar-refractivity contribution in [3.8, 4) is 34.6 Å². The van der Waals surface area contributed by atoms with Gasteiger partial charge in [-0.05, 0) is 17.7 Å². The molecule has 0 radical (unpaired) electrons. The highest BCUT2D eigenvalue weighted by atomic mass is 32.2. The fraction of sp³-hybridized carbons (Fsp3) is 0.190. The van der Waals surface area contributed by atoms with E-state index in [1.807, 2.05) is 30.3 Å². The molecule has 0 atom stereocenters. The van der Waals surface area contributed by atoms with Crippen LogP contribution in [0.15, 0.2) is 47.5 Å². The van der Waals surface area contributed by atoms with Gasteiger partial charge in [0.2, 0.25) is 11.7 Å². The van der Waals surface area contributed by atoms with E-state index >= 15 is 0 Å². The standard InChI is InChI=1S/C21H20N4O3S/c1-26-16-9-14(10-17(27-2)19(16)28-3)18-15(11-22)20(25-21(23)24-18)29-12-13-7-5-4-6-8-13/h4-10H,12H2,1-3H3,(H2,23,24,25). The highest BCUT2D eigenvalue weighted by Gasteiger charge is 2.20. The molecule has 1 aromatic heterocycles. The van der Waals surface area contributed by atoms with Crippen molar-refractivity contribution in [3.05, 3.63) is 53.6 Å². The van der Waals surface area contributed by atoms with Gasteiger partial charge in [0.1, 0.15) is 16.7 Å². The van der Waals surface area contributed by atoms with Crippen molar-refractivity contribution in [2.75, 3.05) is 27.1 Å². The summed E-state index contributed by atoms with van der Waals surface area (Å²) in [4.78, 5) is 8.60. The number of nitriles is 1. The maximum absolute atomic E-state index is 9.83. The molecule has 0 bridgehead atoms. The number of nitrogens with two attached hydrogens (primary N) is 1. The number of aromatic nitrogens is 2. The first-order valence-electron chi connectivity index (χ1n) is 8.66. The number of benzene rings is 2.